The molecule has 0 bridgehead atoms. The van der Waals surface area contributed by atoms with Crippen molar-refractivity contribution in [2.45, 2.75) is 29.9 Å². The molecule has 2 aliphatic rings. The molecular weight excluding hydrogens is 772 g/mol. The van der Waals surface area contributed by atoms with Gasteiger partial charge in [0.25, 0.3) is 5.91 Å². The number of amides is 1. The van der Waals surface area contributed by atoms with Crippen LogP contribution in [0.3, 0.4) is 0 Å². The van der Waals surface area contributed by atoms with Crippen molar-refractivity contribution < 1.29 is 35.2 Å². The van der Waals surface area contributed by atoms with E-state index in [-0.39, 0.29) is 40.0 Å². The van der Waals surface area contributed by atoms with Gasteiger partial charge in [0.1, 0.15) is 16.8 Å². The fourth-order valence-corrected chi connectivity index (χ4v) is 8.61. The van der Waals surface area contributed by atoms with Crippen molar-refractivity contribution in [1.82, 2.24) is 24.4 Å². The molecule has 2 aromatic heterocycles. The van der Waals surface area contributed by atoms with E-state index >= 15 is 0 Å². The number of hydrogen-bond acceptors (Lipinski definition) is 8. The Balaban J connectivity index is 1.26. The Hall–Kier alpha value is -4.68. The number of alkyl halides is 2. The summed E-state index contributed by atoms with van der Waals surface area (Å²) in [5.41, 5.74) is 1.06. The summed E-state index contributed by atoms with van der Waals surface area (Å²) in [5.74, 6) is -3.39. The molecule has 1 amide bonds. The fourth-order valence-electron chi connectivity index (χ4n) is 5.94. The summed E-state index contributed by atoms with van der Waals surface area (Å²) in [5, 5.41) is 8.45. The number of rotatable bonds is 9. The molecule has 1 fully saturated rings. The largest absolute Gasteiger partial charge is 0.333 e. The normalized spacial score (nSPS) is 17.5. The number of halogens is 7. The number of amidine groups is 1. The molecule has 0 spiro atoms. The van der Waals surface area contributed by atoms with Crippen LogP contribution in [0.25, 0.3) is 5.57 Å². The molecule has 1 saturated heterocycles. The Kier molecular flexibility index (Phi) is 9.64. The van der Waals surface area contributed by atoms with Crippen LogP contribution in [0.1, 0.15) is 45.6 Å². The molecule has 3 aromatic carbocycles. The number of benzene rings is 3. The Bertz CT molecular complexity index is 2390. The van der Waals surface area contributed by atoms with E-state index < -0.39 is 56.9 Å². The van der Waals surface area contributed by atoms with E-state index in [0.717, 1.165) is 36.5 Å². The summed E-state index contributed by atoms with van der Waals surface area (Å²) in [6.45, 7) is -2.95. The van der Waals surface area contributed by atoms with Gasteiger partial charge < -0.3 is 10.2 Å². The molecule has 2 N–H and O–H groups in total. The van der Waals surface area contributed by atoms with Gasteiger partial charge in [0, 0.05) is 76.0 Å². The van der Waals surface area contributed by atoms with Gasteiger partial charge >= 0.3 is 6.55 Å². The number of aromatic nitrogens is 3. The molecule has 2 atom stereocenters. The van der Waals surface area contributed by atoms with Gasteiger partial charge in [-0.1, -0.05) is 29.3 Å². The minimum Gasteiger partial charge on any atom is -0.326 e. The standard InChI is InChI=1S/C33H22Cl2F5N7O3S2/c34-21-5-1-16(31(48)42-18-3-6-23(37)24(38)13-18)11-27(21)52(49,50)45-19-14-26-28(25-7-9-47(44-25)33(39)40)29(20-4-2-17(36)12-22(20)35)43-30(46(26)15-19)32-41-8-10-51-32/h1-13,19,29,33,45H,14-15H2,(H,42,48)/t19-,29-/m0/s1. The molecule has 0 saturated carbocycles. The van der Waals surface area contributed by atoms with Crippen molar-refractivity contribution in [2.75, 3.05) is 11.9 Å². The average molecular weight is 795 g/mol. The number of fused-ring (bicyclic) bond motifs is 1. The molecule has 0 unspecified atom stereocenters. The highest BCUT2D eigenvalue weighted by Crippen LogP contribution is 2.46. The second-order valence-electron chi connectivity index (χ2n) is 11.5. The van der Waals surface area contributed by atoms with Crippen molar-refractivity contribution in [3.05, 3.63) is 133 Å². The highest BCUT2D eigenvalue weighted by Gasteiger charge is 2.42. The number of hydrogen-bond donors (Lipinski definition) is 2. The predicted molar refractivity (Wildman–Crippen MR) is 184 cm³/mol. The van der Waals surface area contributed by atoms with E-state index in [1.54, 1.807) is 16.5 Å². The summed E-state index contributed by atoms with van der Waals surface area (Å²) < 4.78 is 99.5. The number of aliphatic imine (C=N–C) groups is 1. The first-order valence-electron chi connectivity index (χ1n) is 15.1. The molecule has 2 aliphatic heterocycles. The second-order valence-corrected chi connectivity index (χ2v) is 14.9. The van der Waals surface area contributed by atoms with Crippen LogP contribution in [0.4, 0.5) is 27.6 Å². The van der Waals surface area contributed by atoms with Crippen LogP contribution in [0.15, 0.2) is 94.0 Å². The summed E-state index contributed by atoms with van der Waals surface area (Å²) in [4.78, 5) is 23.6. The molecule has 5 aromatic rings. The first kappa shape index (κ1) is 35.7. The van der Waals surface area contributed by atoms with Crippen molar-refractivity contribution >= 4 is 67.6 Å². The SMILES string of the molecule is O=C(Nc1ccc(F)c(F)c1)c1ccc(Cl)c(S(=O)(=O)N[C@H]2CC3=C(c4ccn(C(F)F)n4)[C@H](c4ccc(F)cc4Cl)N=C(c4nccs4)N3C2)c1. The van der Waals surface area contributed by atoms with Gasteiger partial charge in [0.2, 0.25) is 10.0 Å². The monoisotopic (exact) mass is 793 g/mol. The zero-order valence-corrected chi connectivity index (χ0v) is 29.2. The maximum atomic E-state index is 14.1. The van der Waals surface area contributed by atoms with Crippen molar-refractivity contribution in [1.29, 1.82) is 0 Å². The lowest BCUT2D eigenvalue weighted by atomic mass is 9.92. The topological polar surface area (TPSA) is 122 Å². The minimum atomic E-state index is -4.45. The van der Waals surface area contributed by atoms with E-state index in [1.807, 2.05) is 0 Å². The number of nitrogens with zero attached hydrogens (tertiary/aromatic N) is 5. The smallest absolute Gasteiger partial charge is 0.326 e. The van der Waals surface area contributed by atoms with Crippen molar-refractivity contribution in [3.8, 4) is 0 Å². The number of sulfonamides is 1. The van der Waals surface area contributed by atoms with E-state index in [4.69, 9.17) is 28.2 Å². The predicted octanol–water partition coefficient (Wildman–Crippen LogP) is 7.68. The van der Waals surface area contributed by atoms with Crippen LogP contribution < -0.4 is 10.0 Å². The Morgan fingerprint density at radius 1 is 0.981 bits per heavy atom. The molecule has 10 nitrogen and oxygen atoms in total. The van der Waals surface area contributed by atoms with Crippen LogP contribution >= 0.6 is 34.5 Å². The Labute approximate surface area is 306 Å². The lowest BCUT2D eigenvalue weighted by Gasteiger charge is -2.32. The Morgan fingerprint density at radius 3 is 2.48 bits per heavy atom. The van der Waals surface area contributed by atoms with Gasteiger partial charge in [0.05, 0.1) is 10.7 Å². The third kappa shape index (κ3) is 6.93. The highest BCUT2D eigenvalue weighted by molar-refractivity contribution is 7.89. The molecule has 19 heteroatoms. The van der Waals surface area contributed by atoms with E-state index in [9.17, 15) is 35.2 Å². The van der Waals surface area contributed by atoms with Crippen LogP contribution in [0, 0.1) is 17.5 Å². The zero-order valence-electron chi connectivity index (χ0n) is 26.1. The summed E-state index contributed by atoms with van der Waals surface area (Å²) in [6, 6.07) is 9.50. The summed E-state index contributed by atoms with van der Waals surface area (Å²) in [7, 11) is -4.45. The lowest BCUT2D eigenvalue weighted by molar-refractivity contribution is 0.0564. The van der Waals surface area contributed by atoms with Crippen LogP contribution in [-0.2, 0) is 10.0 Å². The third-order valence-electron chi connectivity index (χ3n) is 8.21. The maximum absolute atomic E-state index is 14.1. The quantitative estimate of drug-likeness (QED) is 0.148. The van der Waals surface area contributed by atoms with Crippen molar-refractivity contribution in [3.63, 3.8) is 0 Å². The summed E-state index contributed by atoms with van der Waals surface area (Å²) >= 11 is 14.1. The van der Waals surface area contributed by atoms with Gasteiger partial charge in [-0.15, -0.1) is 11.3 Å². The molecule has 7 rings (SSSR count). The van der Waals surface area contributed by atoms with E-state index in [2.05, 4.69) is 20.1 Å². The molecule has 268 valence electrons. The fraction of sp³-hybridized carbons (Fsp3) is 0.152. The number of anilines is 1. The molecular formula is C33H22Cl2F5N7O3S2. The Morgan fingerprint density at radius 2 is 1.79 bits per heavy atom. The highest BCUT2D eigenvalue weighted by atomic mass is 35.5. The van der Waals surface area contributed by atoms with Gasteiger partial charge in [0.15, 0.2) is 22.5 Å². The van der Waals surface area contributed by atoms with Gasteiger partial charge in [-0.25, -0.2) is 36.0 Å². The van der Waals surface area contributed by atoms with Crippen LogP contribution in [0.2, 0.25) is 10.0 Å². The number of thiazole rings is 1. The molecule has 0 aliphatic carbocycles. The number of nitrogens with one attached hydrogen (secondary N) is 2. The minimum absolute atomic E-state index is 0.00371. The number of carbonyl (C=O) groups excluding carboxylic acids is 1. The van der Waals surface area contributed by atoms with Crippen LogP contribution in [-0.4, -0.2) is 52.4 Å². The number of carbonyl (C=O) groups is 1. The van der Waals surface area contributed by atoms with E-state index in [1.165, 1.54) is 41.7 Å². The van der Waals surface area contributed by atoms with E-state index in [0.29, 0.717) is 32.4 Å². The molecule has 0 radical (unpaired) electrons. The third-order valence-corrected chi connectivity index (χ3v) is 11.3. The first-order valence-corrected chi connectivity index (χ1v) is 18.3. The van der Waals surface area contributed by atoms with Gasteiger partial charge in [-0.05, 0) is 48.5 Å². The van der Waals surface area contributed by atoms with Gasteiger partial charge in [-0.3, -0.25) is 9.79 Å². The second kappa shape index (κ2) is 14.0. The lowest BCUT2D eigenvalue weighted by Crippen LogP contribution is -2.39. The molecule has 52 heavy (non-hydrogen) atoms. The molecule has 4 heterocycles. The van der Waals surface area contributed by atoms with Crippen LogP contribution in [0.5, 0.6) is 0 Å². The van der Waals surface area contributed by atoms with Crippen molar-refractivity contribution in [2.24, 2.45) is 4.99 Å². The maximum Gasteiger partial charge on any atom is 0.333 e. The summed E-state index contributed by atoms with van der Waals surface area (Å²) in [6.07, 6.45) is 2.65. The van der Waals surface area contributed by atoms with Gasteiger partial charge in [-0.2, -0.15) is 13.9 Å². The zero-order chi connectivity index (χ0) is 36.9. The first-order chi connectivity index (χ1) is 24.8. The average Bonchev–Trinajstić information content (AvgIpc) is 3.88.